The minimum Gasteiger partial charge on any atom is -0.428 e. The van der Waals surface area contributed by atoms with Crippen molar-refractivity contribution in [3.8, 4) is 5.75 Å². The molecule has 0 aliphatic rings. The van der Waals surface area contributed by atoms with Gasteiger partial charge in [-0.1, -0.05) is 41.9 Å². The summed E-state index contributed by atoms with van der Waals surface area (Å²) in [7, 11) is -2.28. The number of fused-ring (bicyclic) bond motifs is 1. The standard InChI is InChI=1S/C23H22ClN5O5S2/c1-25-12-20(31)26-11-15-4-2-5-16(10-15)13-29-17-6-3-7-18(34-14-30)22(17)23(27-29)28-36(32,33)21-9-8-19(24)35-21/h2-10,14,25H,11-13H2,1H3,(H,26,31)(H,27,28). The normalized spacial score (nSPS) is 11.4. The average molecular weight is 548 g/mol. The van der Waals surface area contributed by atoms with Gasteiger partial charge in [0.05, 0.1) is 28.3 Å². The van der Waals surface area contributed by atoms with Gasteiger partial charge in [0, 0.05) is 6.54 Å². The maximum Gasteiger partial charge on any atom is 0.298 e. The number of carbonyl (C=O) groups excluding carboxylic acids is 2. The first-order chi connectivity index (χ1) is 17.3. The SMILES string of the molecule is CNCC(=O)NCc1cccc(Cn2nc(NS(=O)(=O)c3ccc(Cl)s3)c3c(OC=O)cccc32)c1. The van der Waals surface area contributed by atoms with Crippen LogP contribution in [0.4, 0.5) is 5.82 Å². The number of amides is 1. The van der Waals surface area contributed by atoms with Crippen LogP contribution >= 0.6 is 22.9 Å². The van der Waals surface area contributed by atoms with Crippen molar-refractivity contribution in [2.75, 3.05) is 18.3 Å². The number of carbonyl (C=O) groups is 2. The number of nitrogens with zero attached hydrogens (tertiary/aromatic N) is 2. The van der Waals surface area contributed by atoms with Crippen LogP contribution in [0.5, 0.6) is 5.75 Å². The molecule has 188 valence electrons. The Morgan fingerprint density at radius 1 is 1.17 bits per heavy atom. The third-order valence-corrected chi connectivity index (χ3v) is 8.17. The van der Waals surface area contributed by atoms with E-state index in [0.717, 1.165) is 22.5 Å². The predicted octanol–water partition coefficient (Wildman–Crippen LogP) is 2.97. The summed E-state index contributed by atoms with van der Waals surface area (Å²) >= 11 is 6.83. The molecule has 4 rings (SSSR count). The highest BCUT2D eigenvalue weighted by Gasteiger charge is 2.23. The molecule has 0 aliphatic heterocycles. The van der Waals surface area contributed by atoms with Crippen LogP contribution in [0.15, 0.2) is 58.8 Å². The molecule has 1 amide bonds. The Morgan fingerprint density at radius 3 is 2.67 bits per heavy atom. The van der Waals surface area contributed by atoms with Gasteiger partial charge in [-0.2, -0.15) is 5.10 Å². The largest absolute Gasteiger partial charge is 0.428 e. The number of anilines is 1. The fourth-order valence-electron chi connectivity index (χ4n) is 3.59. The zero-order chi connectivity index (χ0) is 25.7. The van der Waals surface area contributed by atoms with Gasteiger partial charge in [0.2, 0.25) is 5.91 Å². The van der Waals surface area contributed by atoms with Crippen LogP contribution in [0.1, 0.15) is 11.1 Å². The molecule has 36 heavy (non-hydrogen) atoms. The second-order valence-electron chi connectivity index (χ2n) is 7.66. The summed E-state index contributed by atoms with van der Waals surface area (Å²) in [4.78, 5) is 22.8. The number of aromatic nitrogens is 2. The minimum absolute atomic E-state index is 0.0162. The molecule has 0 saturated heterocycles. The average Bonchev–Trinajstić information content (AvgIpc) is 3.43. The Bertz CT molecular complexity index is 1520. The molecule has 0 radical (unpaired) electrons. The van der Waals surface area contributed by atoms with Gasteiger partial charge in [-0.25, -0.2) is 8.42 Å². The van der Waals surface area contributed by atoms with E-state index in [2.05, 4.69) is 20.5 Å². The lowest BCUT2D eigenvalue weighted by molar-refractivity contribution is -0.121. The molecule has 3 N–H and O–H groups in total. The fraction of sp³-hybridized carbons (Fsp3) is 0.174. The number of thiophene rings is 1. The Kier molecular flexibility index (Phi) is 7.89. The van der Waals surface area contributed by atoms with E-state index >= 15 is 0 Å². The van der Waals surface area contributed by atoms with Gasteiger partial charge in [-0.15, -0.1) is 11.3 Å². The molecule has 0 unspecified atom stereocenters. The molecule has 0 saturated carbocycles. The third-order valence-electron chi connectivity index (χ3n) is 5.11. The molecule has 2 aromatic carbocycles. The van der Waals surface area contributed by atoms with E-state index in [1.165, 1.54) is 12.1 Å². The lowest BCUT2D eigenvalue weighted by Gasteiger charge is -2.08. The summed E-state index contributed by atoms with van der Waals surface area (Å²) in [5.41, 5.74) is 2.33. The van der Waals surface area contributed by atoms with E-state index in [-0.39, 0.29) is 34.7 Å². The van der Waals surface area contributed by atoms with E-state index in [0.29, 0.717) is 28.3 Å². The lowest BCUT2D eigenvalue weighted by Crippen LogP contribution is -2.31. The molecular weight excluding hydrogens is 526 g/mol. The molecule has 0 aliphatic carbocycles. The number of ether oxygens (including phenoxy) is 1. The van der Waals surface area contributed by atoms with Gasteiger partial charge in [0.25, 0.3) is 16.5 Å². The molecule has 10 nitrogen and oxygen atoms in total. The van der Waals surface area contributed by atoms with Gasteiger partial charge >= 0.3 is 0 Å². The second-order valence-corrected chi connectivity index (χ2v) is 11.3. The highest BCUT2D eigenvalue weighted by atomic mass is 35.5. The number of hydrogen-bond acceptors (Lipinski definition) is 8. The van der Waals surface area contributed by atoms with Gasteiger partial charge in [0.15, 0.2) is 5.82 Å². The van der Waals surface area contributed by atoms with Crippen molar-refractivity contribution in [2.24, 2.45) is 0 Å². The first-order valence-electron chi connectivity index (χ1n) is 10.7. The van der Waals surface area contributed by atoms with E-state index in [4.69, 9.17) is 16.3 Å². The number of benzene rings is 2. The molecule has 4 aromatic rings. The zero-order valence-electron chi connectivity index (χ0n) is 19.0. The van der Waals surface area contributed by atoms with Crippen LogP contribution in [-0.2, 0) is 32.7 Å². The summed E-state index contributed by atoms with van der Waals surface area (Å²) in [6.07, 6.45) is 0. The molecule has 13 heteroatoms. The summed E-state index contributed by atoms with van der Waals surface area (Å²) < 4.78 is 35.5. The highest BCUT2D eigenvalue weighted by Crippen LogP contribution is 2.35. The van der Waals surface area contributed by atoms with Crippen LogP contribution in [0.3, 0.4) is 0 Å². The second kappa shape index (κ2) is 11.1. The van der Waals surface area contributed by atoms with E-state index in [9.17, 15) is 18.0 Å². The Hall–Kier alpha value is -3.45. The maximum atomic E-state index is 13.0. The molecule has 2 heterocycles. The Morgan fingerprint density at radius 2 is 1.94 bits per heavy atom. The summed E-state index contributed by atoms with van der Waals surface area (Å²) in [5, 5.41) is 10.5. The smallest absolute Gasteiger partial charge is 0.298 e. The predicted molar refractivity (Wildman–Crippen MR) is 138 cm³/mol. The van der Waals surface area contributed by atoms with Crippen molar-refractivity contribution in [2.45, 2.75) is 17.3 Å². The first kappa shape index (κ1) is 25.6. The van der Waals surface area contributed by atoms with Crippen molar-refractivity contribution in [3.63, 3.8) is 0 Å². The van der Waals surface area contributed by atoms with Crippen molar-refractivity contribution in [1.82, 2.24) is 20.4 Å². The molecule has 0 fully saturated rings. The zero-order valence-corrected chi connectivity index (χ0v) is 21.4. The molecule has 0 spiro atoms. The van der Waals surface area contributed by atoms with Crippen LogP contribution in [0.2, 0.25) is 4.34 Å². The molecular formula is C23H22ClN5O5S2. The molecule has 2 aromatic heterocycles. The number of hydrogen-bond donors (Lipinski definition) is 3. The number of rotatable bonds is 11. The third kappa shape index (κ3) is 5.85. The first-order valence-corrected chi connectivity index (χ1v) is 13.4. The van der Waals surface area contributed by atoms with Crippen LogP contribution in [0.25, 0.3) is 10.9 Å². The van der Waals surface area contributed by atoms with E-state index in [1.54, 1.807) is 29.9 Å². The van der Waals surface area contributed by atoms with Crippen LogP contribution in [-0.4, -0.2) is 44.2 Å². The summed E-state index contributed by atoms with van der Waals surface area (Å²) in [6, 6.07) is 15.5. The Labute approximate surface area is 216 Å². The van der Waals surface area contributed by atoms with Gasteiger partial charge < -0.3 is 15.4 Å². The summed E-state index contributed by atoms with van der Waals surface area (Å²) in [6.45, 7) is 1.15. The summed E-state index contributed by atoms with van der Waals surface area (Å²) in [5.74, 6) is 0.0618. The quantitative estimate of drug-likeness (QED) is 0.246. The fourth-order valence-corrected chi connectivity index (χ4v) is 6.09. The van der Waals surface area contributed by atoms with E-state index in [1.807, 2.05) is 24.3 Å². The molecule has 0 bridgehead atoms. The number of nitrogens with one attached hydrogen (secondary N) is 3. The monoisotopic (exact) mass is 547 g/mol. The Balaban J connectivity index is 1.68. The maximum absolute atomic E-state index is 13.0. The minimum atomic E-state index is -3.98. The number of halogens is 1. The number of sulfonamides is 1. The van der Waals surface area contributed by atoms with Crippen molar-refractivity contribution >= 4 is 62.1 Å². The topological polar surface area (TPSA) is 131 Å². The molecule has 0 atom stereocenters. The van der Waals surface area contributed by atoms with Gasteiger partial charge in [0.1, 0.15) is 9.96 Å². The van der Waals surface area contributed by atoms with E-state index < -0.39 is 10.0 Å². The lowest BCUT2D eigenvalue weighted by atomic mass is 10.1. The van der Waals surface area contributed by atoms with Crippen molar-refractivity contribution < 1.29 is 22.7 Å². The number of likely N-dealkylation sites (N-methyl/N-ethyl adjacent to an activating group) is 1. The van der Waals surface area contributed by atoms with Crippen LogP contribution < -0.4 is 20.1 Å². The van der Waals surface area contributed by atoms with Gasteiger partial charge in [-0.05, 0) is 42.4 Å². The van der Waals surface area contributed by atoms with Crippen LogP contribution in [0, 0.1) is 0 Å². The van der Waals surface area contributed by atoms with Crippen molar-refractivity contribution in [3.05, 3.63) is 70.1 Å². The van der Waals surface area contributed by atoms with Crippen molar-refractivity contribution in [1.29, 1.82) is 0 Å². The highest BCUT2D eigenvalue weighted by molar-refractivity contribution is 7.94. The van der Waals surface area contributed by atoms with Gasteiger partial charge in [-0.3, -0.25) is 19.0 Å².